The van der Waals surface area contributed by atoms with Gasteiger partial charge in [-0.3, -0.25) is 9.78 Å². The van der Waals surface area contributed by atoms with Crippen LogP contribution in [0.25, 0.3) is 0 Å². The first-order valence-corrected chi connectivity index (χ1v) is 6.87. The zero-order valence-electron chi connectivity index (χ0n) is 12.2. The number of carboxylic acids is 1. The van der Waals surface area contributed by atoms with E-state index >= 15 is 0 Å². The Hall–Kier alpha value is -2.90. The first-order valence-electron chi connectivity index (χ1n) is 6.87. The number of nitrogens with zero attached hydrogens (tertiary/aromatic N) is 1. The summed E-state index contributed by atoms with van der Waals surface area (Å²) in [5, 5.41) is 11.5. The van der Waals surface area contributed by atoms with E-state index in [-0.39, 0.29) is 17.5 Å². The highest BCUT2D eigenvalue weighted by Crippen LogP contribution is 2.29. The predicted molar refractivity (Wildman–Crippen MR) is 78.3 cm³/mol. The molecule has 0 fully saturated rings. The third-order valence-corrected chi connectivity index (χ3v) is 3.22. The average Bonchev–Trinajstić information content (AvgIpc) is 2.54. The van der Waals surface area contributed by atoms with Gasteiger partial charge in [0.15, 0.2) is 0 Å². The summed E-state index contributed by atoms with van der Waals surface area (Å²) in [6, 6.07) is 5.94. The standard InChI is InChI=1S/C16H13F3N2O3/c17-16(18,19)12-5-1-3-10(7-12)8-13(15(23)24)21-14(22)11-4-2-6-20-9-11/h1-7,9,13H,8H2,(H,21,22)(H,23,24)/t13-/m0/s1. The van der Waals surface area contributed by atoms with Crippen molar-refractivity contribution in [2.45, 2.75) is 18.6 Å². The molecule has 0 saturated heterocycles. The number of carbonyl (C=O) groups excluding carboxylic acids is 1. The van der Waals surface area contributed by atoms with Crippen molar-refractivity contribution in [3.63, 3.8) is 0 Å². The summed E-state index contributed by atoms with van der Waals surface area (Å²) < 4.78 is 38.1. The number of halogens is 3. The van der Waals surface area contributed by atoms with Gasteiger partial charge in [-0.2, -0.15) is 13.2 Å². The fraction of sp³-hybridized carbons (Fsp3) is 0.188. The van der Waals surface area contributed by atoms with Gasteiger partial charge >= 0.3 is 12.1 Å². The lowest BCUT2D eigenvalue weighted by molar-refractivity contribution is -0.139. The second-order valence-corrected chi connectivity index (χ2v) is 5.01. The molecule has 24 heavy (non-hydrogen) atoms. The van der Waals surface area contributed by atoms with Crippen LogP contribution in [0.1, 0.15) is 21.5 Å². The molecular weight excluding hydrogens is 325 g/mol. The van der Waals surface area contributed by atoms with Crippen molar-refractivity contribution in [1.29, 1.82) is 0 Å². The molecule has 1 amide bonds. The van der Waals surface area contributed by atoms with Crippen molar-refractivity contribution in [1.82, 2.24) is 10.3 Å². The Labute approximate surface area is 135 Å². The van der Waals surface area contributed by atoms with Gasteiger partial charge in [-0.25, -0.2) is 4.79 Å². The van der Waals surface area contributed by atoms with Crippen LogP contribution in [-0.2, 0) is 17.4 Å². The quantitative estimate of drug-likeness (QED) is 0.878. The third kappa shape index (κ3) is 4.55. The molecule has 1 heterocycles. The molecule has 1 aromatic carbocycles. The summed E-state index contributed by atoms with van der Waals surface area (Å²) >= 11 is 0. The maximum atomic E-state index is 12.7. The molecule has 0 radical (unpaired) electrons. The number of aromatic nitrogens is 1. The lowest BCUT2D eigenvalue weighted by Crippen LogP contribution is -2.42. The SMILES string of the molecule is O=C(N[C@@H](Cc1cccc(C(F)(F)F)c1)C(=O)O)c1cccnc1. The van der Waals surface area contributed by atoms with E-state index in [0.29, 0.717) is 0 Å². The van der Waals surface area contributed by atoms with E-state index in [4.69, 9.17) is 0 Å². The molecule has 0 bridgehead atoms. The summed E-state index contributed by atoms with van der Waals surface area (Å²) in [6.07, 6.45) is -2.08. The number of rotatable bonds is 5. The minimum absolute atomic E-state index is 0.156. The Kier molecular flexibility index (Phi) is 5.18. The van der Waals surface area contributed by atoms with E-state index in [1.54, 1.807) is 0 Å². The van der Waals surface area contributed by atoms with Gasteiger partial charge in [-0.1, -0.05) is 18.2 Å². The number of pyridine rings is 1. The normalized spacial score (nSPS) is 12.5. The molecule has 0 unspecified atom stereocenters. The van der Waals surface area contributed by atoms with Crippen LogP contribution >= 0.6 is 0 Å². The molecule has 2 aromatic rings. The Morgan fingerprint density at radius 3 is 2.54 bits per heavy atom. The maximum absolute atomic E-state index is 12.7. The minimum atomic E-state index is -4.52. The number of carbonyl (C=O) groups is 2. The minimum Gasteiger partial charge on any atom is -0.480 e. The largest absolute Gasteiger partial charge is 0.480 e. The summed E-state index contributed by atoms with van der Waals surface area (Å²) in [4.78, 5) is 27.0. The number of benzene rings is 1. The molecule has 1 atom stereocenters. The van der Waals surface area contributed by atoms with Gasteiger partial charge in [0.05, 0.1) is 11.1 Å². The van der Waals surface area contributed by atoms with E-state index in [0.717, 1.165) is 12.1 Å². The van der Waals surface area contributed by atoms with E-state index < -0.39 is 29.7 Å². The van der Waals surface area contributed by atoms with E-state index in [9.17, 15) is 27.9 Å². The van der Waals surface area contributed by atoms with Crippen molar-refractivity contribution in [3.8, 4) is 0 Å². The van der Waals surface area contributed by atoms with Crippen LogP contribution < -0.4 is 5.32 Å². The fourth-order valence-corrected chi connectivity index (χ4v) is 2.05. The number of nitrogens with one attached hydrogen (secondary N) is 1. The Bertz CT molecular complexity index is 733. The summed E-state index contributed by atoms with van der Waals surface area (Å²) in [6.45, 7) is 0. The molecule has 0 aliphatic carbocycles. The zero-order chi connectivity index (χ0) is 17.7. The van der Waals surface area contributed by atoms with Crippen molar-refractivity contribution in [2.75, 3.05) is 0 Å². The summed E-state index contributed by atoms with van der Waals surface area (Å²) in [7, 11) is 0. The summed E-state index contributed by atoms with van der Waals surface area (Å²) in [5.74, 6) is -2.01. The summed E-state index contributed by atoms with van der Waals surface area (Å²) in [5.41, 5.74) is -0.556. The molecule has 0 spiro atoms. The van der Waals surface area contributed by atoms with Gasteiger partial charge in [-0.05, 0) is 23.8 Å². The van der Waals surface area contributed by atoms with E-state index in [2.05, 4.69) is 10.3 Å². The zero-order valence-corrected chi connectivity index (χ0v) is 12.2. The van der Waals surface area contributed by atoms with Gasteiger partial charge in [0.25, 0.3) is 5.91 Å². The predicted octanol–water partition coefficient (Wildman–Crippen LogP) is 2.53. The van der Waals surface area contributed by atoms with Gasteiger partial charge in [0.1, 0.15) is 6.04 Å². The average molecular weight is 338 g/mol. The van der Waals surface area contributed by atoms with Crippen LogP contribution in [0.3, 0.4) is 0 Å². The van der Waals surface area contributed by atoms with Crippen molar-refractivity contribution >= 4 is 11.9 Å². The number of carboxylic acid groups (broad SMARTS) is 1. The second kappa shape index (κ2) is 7.12. The number of amides is 1. The van der Waals surface area contributed by atoms with Gasteiger partial charge in [0, 0.05) is 18.8 Å². The Morgan fingerprint density at radius 2 is 1.96 bits per heavy atom. The van der Waals surface area contributed by atoms with Gasteiger partial charge in [-0.15, -0.1) is 0 Å². The van der Waals surface area contributed by atoms with Crippen molar-refractivity contribution in [2.24, 2.45) is 0 Å². The molecule has 1 aromatic heterocycles. The lowest BCUT2D eigenvalue weighted by atomic mass is 10.0. The Balaban J connectivity index is 2.15. The highest BCUT2D eigenvalue weighted by atomic mass is 19.4. The molecule has 0 aliphatic rings. The maximum Gasteiger partial charge on any atom is 0.416 e. The molecule has 2 rings (SSSR count). The third-order valence-electron chi connectivity index (χ3n) is 3.22. The monoisotopic (exact) mass is 338 g/mol. The van der Waals surface area contributed by atoms with Crippen molar-refractivity contribution in [3.05, 3.63) is 65.5 Å². The van der Waals surface area contributed by atoms with Gasteiger partial charge < -0.3 is 10.4 Å². The van der Waals surface area contributed by atoms with Crippen LogP contribution in [0, 0.1) is 0 Å². The smallest absolute Gasteiger partial charge is 0.416 e. The molecular formula is C16H13F3N2O3. The molecule has 8 heteroatoms. The molecule has 0 saturated carbocycles. The van der Waals surface area contributed by atoms with Crippen LogP contribution in [0.5, 0.6) is 0 Å². The van der Waals surface area contributed by atoms with Crippen molar-refractivity contribution < 1.29 is 27.9 Å². The van der Waals surface area contributed by atoms with Crippen LogP contribution in [0.4, 0.5) is 13.2 Å². The number of alkyl halides is 3. The second-order valence-electron chi connectivity index (χ2n) is 5.01. The van der Waals surface area contributed by atoms with Crippen LogP contribution in [-0.4, -0.2) is 28.0 Å². The molecule has 5 nitrogen and oxygen atoms in total. The van der Waals surface area contributed by atoms with Crippen LogP contribution in [0.2, 0.25) is 0 Å². The fourth-order valence-electron chi connectivity index (χ4n) is 2.05. The molecule has 2 N–H and O–H groups in total. The lowest BCUT2D eigenvalue weighted by Gasteiger charge is -2.15. The first kappa shape index (κ1) is 17.5. The number of aliphatic carboxylic acids is 1. The highest BCUT2D eigenvalue weighted by molar-refractivity contribution is 5.96. The number of hydrogen-bond donors (Lipinski definition) is 2. The highest BCUT2D eigenvalue weighted by Gasteiger charge is 2.31. The Morgan fingerprint density at radius 1 is 1.21 bits per heavy atom. The molecule has 0 aliphatic heterocycles. The van der Waals surface area contributed by atoms with Crippen LogP contribution in [0.15, 0.2) is 48.8 Å². The molecule has 126 valence electrons. The van der Waals surface area contributed by atoms with E-state index in [1.165, 1.54) is 36.7 Å². The topological polar surface area (TPSA) is 79.3 Å². The number of hydrogen-bond acceptors (Lipinski definition) is 3. The first-order chi connectivity index (χ1) is 11.3. The van der Waals surface area contributed by atoms with Gasteiger partial charge in [0.2, 0.25) is 0 Å². The van der Waals surface area contributed by atoms with E-state index in [1.807, 2.05) is 0 Å².